The number of carbonyl (C=O) groups excluding carboxylic acids is 1. The first-order valence-corrected chi connectivity index (χ1v) is 4.19. The predicted octanol–water partition coefficient (Wildman–Crippen LogP) is 1.30. The zero-order chi connectivity index (χ0) is 12.3. The molecule has 0 fully saturated rings. The highest BCUT2D eigenvalue weighted by Crippen LogP contribution is 2.29. The molecule has 0 rings (SSSR count). The lowest BCUT2D eigenvalue weighted by Gasteiger charge is -2.20. The molecule has 3 N–H and O–H groups in total. The van der Waals surface area contributed by atoms with Crippen LogP contribution >= 0.6 is 0 Å². The number of carboxylic acid groups (broad SMARTS) is 1. The van der Waals surface area contributed by atoms with Crippen LogP contribution < -0.4 is 5.73 Å². The Labute approximate surface area is 84.2 Å². The third kappa shape index (κ3) is 4.18. The maximum atomic E-state index is 11.8. The van der Waals surface area contributed by atoms with E-state index in [4.69, 9.17) is 10.8 Å². The second-order valence-corrected chi connectivity index (χ2v) is 3.47. The molecular weight excluding hydrogens is 215 g/mol. The summed E-state index contributed by atoms with van der Waals surface area (Å²) in [7, 11) is 0. The molecule has 0 aliphatic heterocycles. The van der Waals surface area contributed by atoms with Gasteiger partial charge in [-0.25, -0.2) is 0 Å². The first kappa shape index (κ1) is 13.7. The number of aliphatic carboxylic acids is 1. The molecule has 1 amide bonds. The Balaban J connectivity index is 4.34. The largest absolute Gasteiger partial charge is 0.480 e. The number of halogens is 3. The van der Waals surface area contributed by atoms with Crippen LogP contribution in [-0.4, -0.2) is 23.2 Å². The average molecular weight is 227 g/mol. The van der Waals surface area contributed by atoms with Gasteiger partial charge in [-0.05, 0) is 19.8 Å². The normalized spacial score (nSPS) is 15.7. The van der Waals surface area contributed by atoms with E-state index >= 15 is 0 Å². The van der Waals surface area contributed by atoms with E-state index in [2.05, 4.69) is 0 Å². The van der Waals surface area contributed by atoms with Crippen molar-refractivity contribution in [3.63, 3.8) is 0 Å². The van der Waals surface area contributed by atoms with Crippen molar-refractivity contribution >= 4 is 11.9 Å². The average Bonchev–Trinajstić information content (AvgIpc) is 2.00. The summed E-state index contributed by atoms with van der Waals surface area (Å²) in [4.78, 5) is 21.4. The third-order valence-corrected chi connectivity index (χ3v) is 2.15. The van der Waals surface area contributed by atoms with E-state index in [9.17, 15) is 22.8 Å². The number of primary amides is 1. The first-order chi connectivity index (χ1) is 6.59. The highest BCUT2D eigenvalue weighted by atomic mass is 19.4. The van der Waals surface area contributed by atoms with Crippen molar-refractivity contribution in [2.24, 2.45) is 11.1 Å². The molecule has 0 aromatic carbocycles. The maximum Gasteiger partial charge on any atom is 0.389 e. The van der Waals surface area contributed by atoms with Gasteiger partial charge < -0.3 is 10.8 Å². The third-order valence-electron chi connectivity index (χ3n) is 2.15. The number of carboxylic acids is 1. The van der Waals surface area contributed by atoms with Crippen LogP contribution in [0.3, 0.4) is 0 Å². The molecule has 1 atom stereocenters. The number of carbonyl (C=O) groups is 2. The zero-order valence-corrected chi connectivity index (χ0v) is 8.10. The van der Waals surface area contributed by atoms with Gasteiger partial charge in [0.05, 0.1) is 0 Å². The number of nitrogens with two attached hydrogens (primary N) is 1. The summed E-state index contributed by atoms with van der Waals surface area (Å²) in [6, 6.07) is 0. The van der Waals surface area contributed by atoms with Gasteiger partial charge in [0.25, 0.3) is 0 Å². The van der Waals surface area contributed by atoms with E-state index in [1.165, 1.54) is 0 Å². The van der Waals surface area contributed by atoms with Gasteiger partial charge in [0.2, 0.25) is 5.91 Å². The Kier molecular flexibility index (Phi) is 4.12. The minimum absolute atomic E-state index is 0.419. The molecule has 4 nitrogen and oxygen atoms in total. The van der Waals surface area contributed by atoms with Gasteiger partial charge in [-0.3, -0.25) is 9.59 Å². The summed E-state index contributed by atoms with van der Waals surface area (Å²) in [6.07, 6.45) is -6.33. The van der Waals surface area contributed by atoms with E-state index < -0.39 is 42.7 Å². The fraction of sp³-hybridized carbons (Fsp3) is 0.750. The van der Waals surface area contributed by atoms with Gasteiger partial charge in [-0.2, -0.15) is 13.2 Å². The summed E-state index contributed by atoms with van der Waals surface area (Å²) < 4.78 is 35.3. The molecule has 1 unspecified atom stereocenters. The van der Waals surface area contributed by atoms with Crippen LogP contribution in [0.5, 0.6) is 0 Å². The van der Waals surface area contributed by atoms with Crippen molar-refractivity contribution < 1.29 is 27.9 Å². The molecule has 88 valence electrons. The fourth-order valence-corrected chi connectivity index (χ4v) is 0.978. The van der Waals surface area contributed by atoms with Crippen LogP contribution in [0.25, 0.3) is 0 Å². The monoisotopic (exact) mass is 227 g/mol. The molecule has 0 spiro atoms. The van der Waals surface area contributed by atoms with Gasteiger partial charge in [0, 0.05) is 6.42 Å². The van der Waals surface area contributed by atoms with Crippen molar-refractivity contribution in [1.29, 1.82) is 0 Å². The molecule has 0 aliphatic carbocycles. The van der Waals surface area contributed by atoms with Gasteiger partial charge >= 0.3 is 12.1 Å². The van der Waals surface area contributed by atoms with E-state index in [1.807, 2.05) is 0 Å². The highest BCUT2D eigenvalue weighted by molar-refractivity contribution is 6.00. The van der Waals surface area contributed by atoms with Crippen LogP contribution in [-0.2, 0) is 9.59 Å². The van der Waals surface area contributed by atoms with Crippen LogP contribution in [0.1, 0.15) is 26.2 Å². The Morgan fingerprint density at radius 3 is 2.00 bits per heavy atom. The smallest absolute Gasteiger partial charge is 0.389 e. The SMILES string of the molecule is CC(CCCC(F)(F)F)(C(N)=O)C(=O)O. The number of hydrogen-bond donors (Lipinski definition) is 2. The minimum Gasteiger partial charge on any atom is -0.480 e. The Hall–Kier alpha value is -1.27. The lowest BCUT2D eigenvalue weighted by Crippen LogP contribution is -2.41. The summed E-state index contributed by atoms with van der Waals surface area (Å²) >= 11 is 0. The molecule has 0 radical (unpaired) electrons. The van der Waals surface area contributed by atoms with Crippen molar-refractivity contribution in [2.45, 2.75) is 32.4 Å². The number of rotatable bonds is 5. The summed E-state index contributed by atoms with van der Waals surface area (Å²) in [5, 5.41) is 8.65. The van der Waals surface area contributed by atoms with Gasteiger partial charge in [-0.1, -0.05) is 0 Å². The summed E-state index contributed by atoms with van der Waals surface area (Å²) in [5.74, 6) is -2.63. The Bertz CT molecular complexity index is 248. The lowest BCUT2D eigenvalue weighted by molar-refractivity contribution is -0.156. The van der Waals surface area contributed by atoms with E-state index in [1.54, 1.807) is 0 Å². The molecule has 0 aromatic heterocycles. The molecule has 0 saturated carbocycles. The number of amides is 1. The number of alkyl halides is 3. The second kappa shape index (κ2) is 4.50. The van der Waals surface area contributed by atoms with E-state index in [0.717, 1.165) is 6.92 Å². The molecular formula is C8H12F3NO3. The van der Waals surface area contributed by atoms with Crippen molar-refractivity contribution in [1.82, 2.24) is 0 Å². The van der Waals surface area contributed by atoms with Crippen LogP contribution in [0.2, 0.25) is 0 Å². The minimum atomic E-state index is -4.35. The van der Waals surface area contributed by atoms with E-state index in [0.29, 0.717) is 0 Å². The molecule has 0 heterocycles. The van der Waals surface area contributed by atoms with Gasteiger partial charge in [-0.15, -0.1) is 0 Å². The van der Waals surface area contributed by atoms with Gasteiger partial charge in [0.15, 0.2) is 0 Å². The zero-order valence-electron chi connectivity index (χ0n) is 8.10. The standard InChI is InChI=1S/C8H12F3NO3/c1-7(5(12)13,6(14)15)3-2-4-8(9,10)11/h2-4H2,1H3,(H2,12,13)(H,14,15). The molecule has 0 bridgehead atoms. The summed E-state index contributed by atoms with van der Waals surface area (Å²) in [5.41, 5.74) is 2.90. The number of hydrogen-bond acceptors (Lipinski definition) is 2. The topological polar surface area (TPSA) is 80.4 Å². The van der Waals surface area contributed by atoms with Gasteiger partial charge in [0.1, 0.15) is 5.41 Å². The molecule has 0 saturated heterocycles. The molecule has 7 heteroatoms. The predicted molar refractivity (Wildman–Crippen MR) is 44.8 cm³/mol. The summed E-state index contributed by atoms with van der Waals surface area (Å²) in [6.45, 7) is 1.02. The van der Waals surface area contributed by atoms with Crippen LogP contribution in [0.15, 0.2) is 0 Å². The van der Waals surface area contributed by atoms with Crippen molar-refractivity contribution in [2.75, 3.05) is 0 Å². The highest BCUT2D eigenvalue weighted by Gasteiger charge is 2.40. The maximum absolute atomic E-state index is 11.8. The van der Waals surface area contributed by atoms with Crippen LogP contribution in [0, 0.1) is 5.41 Å². The van der Waals surface area contributed by atoms with Crippen molar-refractivity contribution in [3.8, 4) is 0 Å². The first-order valence-electron chi connectivity index (χ1n) is 4.19. The molecule has 0 aliphatic rings. The lowest BCUT2D eigenvalue weighted by atomic mass is 9.84. The van der Waals surface area contributed by atoms with Crippen LogP contribution in [0.4, 0.5) is 13.2 Å². The quantitative estimate of drug-likeness (QED) is 0.694. The molecule has 0 aromatic rings. The van der Waals surface area contributed by atoms with Crippen molar-refractivity contribution in [3.05, 3.63) is 0 Å². The fourth-order valence-electron chi connectivity index (χ4n) is 0.978. The Morgan fingerprint density at radius 1 is 1.27 bits per heavy atom. The van der Waals surface area contributed by atoms with E-state index in [-0.39, 0.29) is 0 Å². The Morgan fingerprint density at radius 2 is 1.73 bits per heavy atom. The molecule has 15 heavy (non-hydrogen) atoms. The second-order valence-electron chi connectivity index (χ2n) is 3.47.